The number of hydrogen-bond donors (Lipinski definition) is 0. The molecule has 0 rings (SSSR count). The molecule has 0 saturated carbocycles. The van der Waals surface area contributed by atoms with Gasteiger partial charge in [-0.25, -0.2) is 0 Å². The van der Waals surface area contributed by atoms with Gasteiger partial charge >= 0.3 is 17.9 Å². The fourth-order valence-corrected chi connectivity index (χ4v) is 9.14. The summed E-state index contributed by atoms with van der Waals surface area (Å²) in [5.41, 5.74) is 0. The second kappa shape index (κ2) is 64.9. The summed E-state index contributed by atoms with van der Waals surface area (Å²) in [6.07, 6.45) is 87.3. The summed E-state index contributed by atoms with van der Waals surface area (Å²) in [4.78, 5) is 38.1. The highest BCUT2D eigenvalue weighted by Crippen LogP contribution is 2.17. The van der Waals surface area contributed by atoms with Crippen LogP contribution in [-0.2, 0) is 28.6 Å². The van der Waals surface area contributed by atoms with Crippen LogP contribution in [0.2, 0.25) is 0 Å². The van der Waals surface area contributed by atoms with Gasteiger partial charge in [0.15, 0.2) is 6.10 Å². The Morgan fingerprint density at radius 3 is 0.857 bits per heavy atom. The van der Waals surface area contributed by atoms with Gasteiger partial charge in [-0.3, -0.25) is 14.4 Å². The molecule has 0 amide bonds. The summed E-state index contributed by atoms with van der Waals surface area (Å²) in [7, 11) is 0. The Bertz CT molecular complexity index is 1510. The molecule has 0 saturated heterocycles. The molecule has 0 fully saturated rings. The third kappa shape index (κ3) is 63.0. The van der Waals surface area contributed by atoms with E-state index >= 15 is 0 Å². The van der Waals surface area contributed by atoms with Crippen molar-refractivity contribution in [1.82, 2.24) is 0 Å². The lowest BCUT2D eigenvalue weighted by Crippen LogP contribution is -2.30. The molecule has 0 aromatic carbocycles. The first-order valence-electron chi connectivity index (χ1n) is 32.7. The van der Waals surface area contributed by atoms with Crippen LogP contribution >= 0.6 is 0 Å². The van der Waals surface area contributed by atoms with Gasteiger partial charge in [0, 0.05) is 19.3 Å². The van der Waals surface area contributed by atoms with E-state index in [9.17, 15) is 14.4 Å². The Morgan fingerprint density at radius 2 is 0.532 bits per heavy atom. The van der Waals surface area contributed by atoms with Gasteiger partial charge < -0.3 is 14.2 Å². The molecule has 0 aliphatic heterocycles. The average Bonchev–Trinajstić information content (AvgIpc) is 3.43. The van der Waals surface area contributed by atoms with Crippen molar-refractivity contribution in [1.29, 1.82) is 0 Å². The molecule has 77 heavy (non-hydrogen) atoms. The van der Waals surface area contributed by atoms with E-state index < -0.39 is 6.10 Å². The first-order chi connectivity index (χ1) is 38.0. The first kappa shape index (κ1) is 73.3. The number of carbonyl (C=O) groups excluding carboxylic acids is 3. The van der Waals surface area contributed by atoms with Crippen molar-refractivity contribution in [3.05, 3.63) is 97.2 Å². The van der Waals surface area contributed by atoms with Crippen LogP contribution < -0.4 is 0 Å². The van der Waals surface area contributed by atoms with E-state index in [2.05, 4.69) is 118 Å². The van der Waals surface area contributed by atoms with Gasteiger partial charge in [-0.2, -0.15) is 0 Å². The summed E-state index contributed by atoms with van der Waals surface area (Å²) in [6, 6.07) is 0. The maximum atomic E-state index is 12.8. The molecule has 6 heteroatoms. The minimum Gasteiger partial charge on any atom is -0.462 e. The van der Waals surface area contributed by atoms with Gasteiger partial charge in [-0.1, -0.05) is 285 Å². The number of ether oxygens (including phenoxy) is 3. The molecule has 0 heterocycles. The molecular formula is C71H122O6. The number of carbonyl (C=O) groups is 3. The van der Waals surface area contributed by atoms with Gasteiger partial charge in [0.05, 0.1) is 0 Å². The molecular weight excluding hydrogens is 949 g/mol. The van der Waals surface area contributed by atoms with Gasteiger partial charge in [-0.15, -0.1) is 0 Å². The highest BCUT2D eigenvalue weighted by atomic mass is 16.6. The Hall–Kier alpha value is -3.67. The van der Waals surface area contributed by atoms with E-state index in [1.54, 1.807) is 0 Å². The van der Waals surface area contributed by atoms with Gasteiger partial charge in [0.1, 0.15) is 13.2 Å². The third-order valence-electron chi connectivity index (χ3n) is 14.0. The Morgan fingerprint density at radius 1 is 0.273 bits per heavy atom. The zero-order valence-corrected chi connectivity index (χ0v) is 50.7. The maximum absolute atomic E-state index is 12.8. The van der Waals surface area contributed by atoms with E-state index in [-0.39, 0.29) is 31.1 Å². The van der Waals surface area contributed by atoms with Gasteiger partial charge in [0.2, 0.25) is 0 Å². The fourth-order valence-electron chi connectivity index (χ4n) is 9.14. The third-order valence-corrected chi connectivity index (χ3v) is 14.0. The molecule has 0 aromatic heterocycles. The summed E-state index contributed by atoms with van der Waals surface area (Å²) in [5, 5.41) is 0. The highest BCUT2D eigenvalue weighted by Gasteiger charge is 2.19. The summed E-state index contributed by atoms with van der Waals surface area (Å²) >= 11 is 0. The van der Waals surface area contributed by atoms with E-state index in [0.717, 1.165) is 128 Å². The molecule has 442 valence electrons. The van der Waals surface area contributed by atoms with Crippen LogP contribution in [0.1, 0.15) is 316 Å². The minimum absolute atomic E-state index is 0.0824. The average molecular weight is 1070 g/mol. The van der Waals surface area contributed by atoms with Crippen LogP contribution in [-0.4, -0.2) is 37.2 Å². The number of hydrogen-bond acceptors (Lipinski definition) is 6. The Kier molecular flexibility index (Phi) is 61.8. The molecule has 0 aliphatic rings. The second-order valence-electron chi connectivity index (χ2n) is 21.6. The maximum Gasteiger partial charge on any atom is 0.306 e. The molecule has 6 nitrogen and oxygen atoms in total. The predicted octanol–water partition coefficient (Wildman–Crippen LogP) is 22.4. The largest absolute Gasteiger partial charge is 0.462 e. The number of esters is 3. The van der Waals surface area contributed by atoms with Crippen LogP contribution in [0, 0.1) is 0 Å². The van der Waals surface area contributed by atoms with E-state index in [1.807, 2.05) is 0 Å². The van der Waals surface area contributed by atoms with Crippen molar-refractivity contribution in [2.75, 3.05) is 13.2 Å². The van der Waals surface area contributed by atoms with Crippen molar-refractivity contribution in [2.45, 2.75) is 322 Å². The monoisotopic (exact) mass is 1070 g/mol. The van der Waals surface area contributed by atoms with Crippen LogP contribution in [0.5, 0.6) is 0 Å². The number of unbranched alkanes of at least 4 members (excludes halogenated alkanes) is 32. The fraction of sp³-hybridized carbons (Fsp3) is 0.732. The molecule has 0 spiro atoms. The van der Waals surface area contributed by atoms with Crippen molar-refractivity contribution in [3.63, 3.8) is 0 Å². The molecule has 0 radical (unpaired) electrons. The predicted molar refractivity (Wildman–Crippen MR) is 334 cm³/mol. The second-order valence-corrected chi connectivity index (χ2v) is 21.6. The first-order valence-corrected chi connectivity index (χ1v) is 32.7. The van der Waals surface area contributed by atoms with Crippen LogP contribution in [0.25, 0.3) is 0 Å². The molecule has 0 aliphatic carbocycles. The highest BCUT2D eigenvalue weighted by molar-refractivity contribution is 5.71. The normalized spacial score (nSPS) is 12.7. The zero-order chi connectivity index (χ0) is 55.7. The van der Waals surface area contributed by atoms with Gasteiger partial charge in [-0.05, 0) is 109 Å². The smallest absolute Gasteiger partial charge is 0.306 e. The lowest BCUT2D eigenvalue weighted by atomic mass is 10.0. The Labute approximate surface area is 477 Å². The molecule has 0 aromatic rings. The van der Waals surface area contributed by atoms with Crippen LogP contribution in [0.15, 0.2) is 97.2 Å². The topological polar surface area (TPSA) is 78.9 Å². The molecule has 1 unspecified atom stereocenters. The quantitative estimate of drug-likeness (QED) is 0.0261. The van der Waals surface area contributed by atoms with Crippen molar-refractivity contribution in [3.8, 4) is 0 Å². The lowest BCUT2D eigenvalue weighted by Gasteiger charge is -2.18. The van der Waals surface area contributed by atoms with Crippen molar-refractivity contribution in [2.24, 2.45) is 0 Å². The summed E-state index contributed by atoms with van der Waals surface area (Å²) < 4.78 is 16.9. The van der Waals surface area contributed by atoms with Crippen molar-refractivity contribution >= 4 is 17.9 Å². The summed E-state index contributed by atoms with van der Waals surface area (Å²) in [6.45, 7) is 6.42. The van der Waals surface area contributed by atoms with E-state index in [4.69, 9.17) is 14.2 Å². The molecule has 0 N–H and O–H groups in total. The number of allylic oxidation sites excluding steroid dienone is 16. The van der Waals surface area contributed by atoms with Crippen LogP contribution in [0.4, 0.5) is 0 Å². The lowest BCUT2D eigenvalue weighted by molar-refractivity contribution is -0.167. The van der Waals surface area contributed by atoms with Crippen LogP contribution in [0.3, 0.4) is 0 Å². The summed E-state index contributed by atoms with van der Waals surface area (Å²) in [5.74, 6) is -0.898. The van der Waals surface area contributed by atoms with Gasteiger partial charge in [0.25, 0.3) is 0 Å². The SMILES string of the molecule is CC/C=C\C/C=C\C/C=C\C/C=C\C/C=C\CCCCCCCCCCCCCCCCCCCCCC(=O)OCC(COC(=O)CCCCCCC/C=C\CCCC)OC(=O)CCCCCCC/C=C\C/C=C\CCC. The van der Waals surface area contributed by atoms with Crippen molar-refractivity contribution < 1.29 is 28.6 Å². The standard InChI is InChI=1S/C71H122O6/c1-4-7-10-13-16-19-22-24-25-26-27-28-29-30-31-32-33-34-35-36-37-38-39-40-41-42-43-44-45-47-49-52-55-58-61-64-70(73)76-67-68(66-75-69(72)63-60-57-54-51-48-21-18-15-12-9-6-3)77-71(74)65-62-59-56-53-50-46-23-20-17-14-11-8-5-2/h7,10-11,14-16,18-20,23-25,27-28,30-31,68H,4-6,8-9,12-13,17,21-22,26,29,32-67H2,1-3H3/b10-7-,14-11-,18-15-,19-16-,23-20-,25-24-,28-27-,31-30-. The Balaban J connectivity index is 4.05. The molecule has 1 atom stereocenters. The number of rotatable bonds is 59. The minimum atomic E-state index is -0.785. The molecule has 0 bridgehead atoms. The van der Waals surface area contributed by atoms with E-state index in [1.165, 1.54) is 148 Å². The zero-order valence-electron chi connectivity index (χ0n) is 50.7. The van der Waals surface area contributed by atoms with E-state index in [0.29, 0.717) is 19.3 Å².